The lowest BCUT2D eigenvalue weighted by Gasteiger charge is -2.10. The summed E-state index contributed by atoms with van der Waals surface area (Å²) in [6.07, 6.45) is -1.98. The summed E-state index contributed by atoms with van der Waals surface area (Å²) in [5, 5.41) is 15.2. The molecule has 0 aliphatic rings. The summed E-state index contributed by atoms with van der Waals surface area (Å²) in [5.41, 5.74) is -0.158. The van der Waals surface area contributed by atoms with Crippen LogP contribution >= 0.6 is 0 Å². The molecule has 0 aliphatic carbocycles. The van der Waals surface area contributed by atoms with Crippen molar-refractivity contribution in [3.63, 3.8) is 0 Å². The number of carbonyl (C=O) groups excluding carboxylic acids is 1. The van der Waals surface area contributed by atoms with Crippen LogP contribution in [0.4, 0.5) is 13.2 Å². The second-order valence-corrected chi connectivity index (χ2v) is 5.39. The summed E-state index contributed by atoms with van der Waals surface area (Å²) in [6.45, 7) is -0.115. The minimum atomic E-state index is -4.46. The van der Waals surface area contributed by atoms with Crippen molar-refractivity contribution in [3.05, 3.63) is 71.4 Å². The molecule has 0 atom stereocenters. The van der Waals surface area contributed by atoms with Crippen LogP contribution in [-0.2, 0) is 12.7 Å². The van der Waals surface area contributed by atoms with Gasteiger partial charge in [-0.25, -0.2) is 9.97 Å². The van der Waals surface area contributed by atoms with E-state index in [0.29, 0.717) is 11.1 Å². The number of hydrogen-bond acceptors (Lipinski definition) is 5. The number of halogens is 3. The van der Waals surface area contributed by atoms with Gasteiger partial charge in [0.2, 0.25) is 5.82 Å². The van der Waals surface area contributed by atoms with Crippen molar-refractivity contribution < 1.29 is 18.0 Å². The SMILES string of the molecule is N#Cc1ccc(-n2ncnc2C(=O)NCc2cccc(C(F)(F)F)c2)nc1. The highest BCUT2D eigenvalue weighted by molar-refractivity contribution is 5.91. The molecule has 2 aromatic heterocycles. The maximum absolute atomic E-state index is 12.7. The molecule has 1 N–H and O–H groups in total. The van der Waals surface area contributed by atoms with Crippen molar-refractivity contribution in [2.75, 3.05) is 0 Å². The molecule has 10 heteroatoms. The first-order valence-electron chi connectivity index (χ1n) is 7.59. The van der Waals surface area contributed by atoms with E-state index in [0.717, 1.165) is 18.5 Å². The molecule has 1 aromatic carbocycles. The van der Waals surface area contributed by atoms with Gasteiger partial charge in [0.25, 0.3) is 5.91 Å². The fourth-order valence-electron chi connectivity index (χ4n) is 2.26. The zero-order valence-corrected chi connectivity index (χ0v) is 13.6. The second-order valence-electron chi connectivity index (χ2n) is 5.39. The molecular formula is C17H11F3N6O. The van der Waals surface area contributed by atoms with Crippen molar-refractivity contribution in [2.24, 2.45) is 0 Å². The maximum Gasteiger partial charge on any atom is 0.416 e. The number of pyridine rings is 1. The van der Waals surface area contributed by atoms with Gasteiger partial charge in [-0.1, -0.05) is 12.1 Å². The number of alkyl halides is 3. The predicted molar refractivity (Wildman–Crippen MR) is 86.5 cm³/mol. The highest BCUT2D eigenvalue weighted by Gasteiger charge is 2.30. The predicted octanol–water partition coefficient (Wildman–Crippen LogP) is 2.48. The molecule has 27 heavy (non-hydrogen) atoms. The van der Waals surface area contributed by atoms with E-state index in [4.69, 9.17) is 5.26 Å². The molecule has 0 bridgehead atoms. The Morgan fingerprint density at radius 1 is 1.22 bits per heavy atom. The largest absolute Gasteiger partial charge is 0.416 e. The Bertz CT molecular complexity index is 1000. The number of hydrogen-bond donors (Lipinski definition) is 1. The molecule has 1 amide bonds. The highest BCUT2D eigenvalue weighted by Crippen LogP contribution is 2.29. The first kappa shape index (κ1) is 18.1. The average Bonchev–Trinajstić information content (AvgIpc) is 3.15. The van der Waals surface area contributed by atoms with E-state index in [2.05, 4.69) is 20.4 Å². The number of nitrogens with zero attached hydrogens (tertiary/aromatic N) is 5. The first-order valence-corrected chi connectivity index (χ1v) is 7.59. The topological polar surface area (TPSA) is 96.5 Å². The zero-order chi connectivity index (χ0) is 19.4. The summed E-state index contributed by atoms with van der Waals surface area (Å²) >= 11 is 0. The second kappa shape index (κ2) is 7.25. The van der Waals surface area contributed by atoms with Crippen LogP contribution in [0.15, 0.2) is 48.9 Å². The lowest BCUT2D eigenvalue weighted by atomic mass is 10.1. The van der Waals surface area contributed by atoms with Crippen LogP contribution in [0, 0.1) is 11.3 Å². The fourth-order valence-corrected chi connectivity index (χ4v) is 2.26. The van der Waals surface area contributed by atoms with Crippen LogP contribution in [0.25, 0.3) is 5.82 Å². The molecule has 0 saturated carbocycles. The van der Waals surface area contributed by atoms with E-state index in [1.165, 1.54) is 35.1 Å². The monoisotopic (exact) mass is 372 g/mol. The van der Waals surface area contributed by atoms with Crippen molar-refractivity contribution in [3.8, 4) is 11.9 Å². The molecular weight excluding hydrogens is 361 g/mol. The lowest BCUT2D eigenvalue weighted by molar-refractivity contribution is -0.137. The molecule has 3 rings (SSSR count). The summed E-state index contributed by atoms with van der Waals surface area (Å²) in [5.74, 6) is -0.439. The fraction of sp³-hybridized carbons (Fsp3) is 0.118. The Hall–Kier alpha value is -3.74. The third-order valence-corrected chi connectivity index (χ3v) is 3.55. The van der Waals surface area contributed by atoms with Crippen molar-refractivity contribution in [1.82, 2.24) is 25.1 Å². The van der Waals surface area contributed by atoms with E-state index >= 15 is 0 Å². The van der Waals surface area contributed by atoms with Gasteiger partial charge in [-0.05, 0) is 29.8 Å². The van der Waals surface area contributed by atoms with Crippen molar-refractivity contribution >= 4 is 5.91 Å². The van der Waals surface area contributed by atoms with E-state index in [1.54, 1.807) is 0 Å². The number of benzene rings is 1. The average molecular weight is 372 g/mol. The molecule has 0 spiro atoms. The van der Waals surface area contributed by atoms with Gasteiger partial charge in [-0.2, -0.15) is 28.2 Å². The van der Waals surface area contributed by atoms with Gasteiger partial charge in [0.05, 0.1) is 11.1 Å². The van der Waals surface area contributed by atoms with E-state index < -0.39 is 17.6 Å². The number of aromatic nitrogens is 4. The van der Waals surface area contributed by atoms with Gasteiger partial charge in [-0.3, -0.25) is 4.79 Å². The lowest BCUT2D eigenvalue weighted by Crippen LogP contribution is -2.26. The standard InChI is InChI=1S/C17H11F3N6O/c18-17(19,20)13-3-1-2-11(6-13)8-23-16(27)15-24-10-25-26(15)14-5-4-12(7-21)9-22-14/h1-6,9-10H,8H2,(H,23,27). The van der Waals surface area contributed by atoms with Gasteiger partial charge in [0, 0.05) is 12.7 Å². The zero-order valence-electron chi connectivity index (χ0n) is 13.6. The Morgan fingerprint density at radius 2 is 2.04 bits per heavy atom. The van der Waals surface area contributed by atoms with Gasteiger partial charge < -0.3 is 5.32 Å². The summed E-state index contributed by atoms with van der Waals surface area (Å²) < 4.78 is 39.4. The number of rotatable bonds is 4. The van der Waals surface area contributed by atoms with Crippen molar-refractivity contribution in [2.45, 2.75) is 12.7 Å². The van der Waals surface area contributed by atoms with Crippen LogP contribution in [0.5, 0.6) is 0 Å². The highest BCUT2D eigenvalue weighted by atomic mass is 19.4. The summed E-state index contributed by atoms with van der Waals surface area (Å²) in [6, 6.07) is 9.60. The summed E-state index contributed by atoms with van der Waals surface area (Å²) in [4.78, 5) is 20.2. The number of nitriles is 1. The molecule has 0 unspecified atom stereocenters. The Morgan fingerprint density at radius 3 is 2.70 bits per heavy atom. The number of amides is 1. The van der Waals surface area contributed by atoms with Crippen LogP contribution < -0.4 is 5.32 Å². The molecule has 2 heterocycles. The Labute approximate surface area is 151 Å². The number of nitrogens with one attached hydrogen (secondary N) is 1. The maximum atomic E-state index is 12.7. The van der Waals surface area contributed by atoms with Crippen LogP contribution in [0.1, 0.15) is 27.3 Å². The molecule has 136 valence electrons. The minimum Gasteiger partial charge on any atom is -0.345 e. The Kier molecular flexibility index (Phi) is 4.85. The molecule has 0 aliphatic heterocycles. The van der Waals surface area contributed by atoms with Gasteiger partial charge in [0.15, 0.2) is 5.82 Å². The molecule has 7 nitrogen and oxygen atoms in total. The first-order chi connectivity index (χ1) is 12.9. The molecule has 0 radical (unpaired) electrons. The molecule has 3 aromatic rings. The van der Waals surface area contributed by atoms with Crippen LogP contribution in [-0.4, -0.2) is 25.7 Å². The van der Waals surface area contributed by atoms with Gasteiger partial charge in [0.1, 0.15) is 12.4 Å². The molecule has 0 saturated heterocycles. The molecule has 0 fully saturated rings. The normalized spacial score (nSPS) is 11.0. The smallest absolute Gasteiger partial charge is 0.345 e. The van der Waals surface area contributed by atoms with Crippen LogP contribution in [0.3, 0.4) is 0 Å². The quantitative estimate of drug-likeness (QED) is 0.759. The van der Waals surface area contributed by atoms with E-state index in [9.17, 15) is 18.0 Å². The van der Waals surface area contributed by atoms with Gasteiger partial charge >= 0.3 is 6.18 Å². The summed E-state index contributed by atoms with van der Waals surface area (Å²) in [7, 11) is 0. The van der Waals surface area contributed by atoms with E-state index in [1.807, 2.05) is 6.07 Å². The Balaban J connectivity index is 1.75. The third-order valence-electron chi connectivity index (χ3n) is 3.55. The van der Waals surface area contributed by atoms with Gasteiger partial charge in [-0.15, -0.1) is 0 Å². The van der Waals surface area contributed by atoms with E-state index in [-0.39, 0.29) is 18.2 Å². The number of carbonyl (C=O) groups is 1. The third kappa shape index (κ3) is 4.09. The van der Waals surface area contributed by atoms with Crippen molar-refractivity contribution in [1.29, 1.82) is 5.26 Å². The minimum absolute atomic E-state index is 0.0841. The van der Waals surface area contributed by atoms with Crippen LogP contribution in [0.2, 0.25) is 0 Å².